The van der Waals surface area contributed by atoms with Crippen molar-refractivity contribution in [3.05, 3.63) is 59.6 Å². The van der Waals surface area contributed by atoms with Crippen LogP contribution in [0.2, 0.25) is 0 Å². The highest BCUT2D eigenvalue weighted by Gasteiger charge is 2.22. The van der Waals surface area contributed by atoms with Crippen LogP contribution < -0.4 is 5.32 Å². The summed E-state index contributed by atoms with van der Waals surface area (Å²) in [5, 5.41) is 15.4. The summed E-state index contributed by atoms with van der Waals surface area (Å²) in [7, 11) is 0. The van der Waals surface area contributed by atoms with E-state index in [-0.39, 0.29) is 17.8 Å². The normalized spacial score (nSPS) is 16.3. The van der Waals surface area contributed by atoms with Gasteiger partial charge in [0.15, 0.2) is 5.65 Å². The molecule has 5 rings (SSSR count). The summed E-state index contributed by atoms with van der Waals surface area (Å²) in [6.45, 7) is 4.23. The van der Waals surface area contributed by atoms with Crippen molar-refractivity contribution in [3.8, 4) is 11.3 Å². The molecular formula is C21H22FN7. The predicted molar refractivity (Wildman–Crippen MR) is 108 cm³/mol. The molecule has 7 nitrogen and oxygen atoms in total. The lowest BCUT2D eigenvalue weighted by Crippen LogP contribution is -2.28. The number of aryl methyl sites for hydroxylation is 1. The number of fused-ring (bicyclic) bond motifs is 2. The number of rotatable bonds is 4. The Morgan fingerprint density at radius 1 is 1.21 bits per heavy atom. The second kappa shape index (κ2) is 6.95. The molecule has 4 aromatic rings. The maximum absolute atomic E-state index is 13.8. The van der Waals surface area contributed by atoms with Crippen molar-refractivity contribution in [1.82, 2.24) is 29.8 Å². The van der Waals surface area contributed by atoms with Crippen molar-refractivity contribution < 1.29 is 4.39 Å². The van der Waals surface area contributed by atoms with Crippen molar-refractivity contribution in [1.29, 1.82) is 0 Å². The molecule has 8 heteroatoms. The fourth-order valence-electron chi connectivity index (χ4n) is 3.94. The second-order valence-electron chi connectivity index (χ2n) is 7.87. The maximum atomic E-state index is 13.8. The lowest BCUT2D eigenvalue weighted by atomic mass is 9.93. The van der Waals surface area contributed by atoms with E-state index >= 15 is 0 Å². The van der Waals surface area contributed by atoms with Gasteiger partial charge in [-0.25, -0.2) is 9.37 Å². The summed E-state index contributed by atoms with van der Waals surface area (Å²) in [6, 6.07) is 3.64. The van der Waals surface area contributed by atoms with E-state index in [1.54, 1.807) is 6.20 Å². The van der Waals surface area contributed by atoms with Crippen LogP contribution in [0.3, 0.4) is 0 Å². The number of nitrogens with one attached hydrogen (secondary N) is 2. The molecule has 4 heterocycles. The largest absolute Gasteiger partial charge is 0.367 e. The molecular weight excluding hydrogens is 369 g/mol. The number of H-pyrrole nitrogens is 1. The SMILES string of the molecule is CC(C)c1cnn2c(N[C@H]3CCc4[nH]ncc4C3)cc(-c3cncc(F)c3)nc12. The van der Waals surface area contributed by atoms with Gasteiger partial charge in [0.1, 0.15) is 11.6 Å². The first-order valence-corrected chi connectivity index (χ1v) is 9.85. The lowest BCUT2D eigenvalue weighted by molar-refractivity contribution is 0.600. The van der Waals surface area contributed by atoms with Gasteiger partial charge in [-0.15, -0.1) is 0 Å². The number of anilines is 1. The average molecular weight is 391 g/mol. The number of hydrogen-bond donors (Lipinski definition) is 2. The summed E-state index contributed by atoms with van der Waals surface area (Å²) in [6.07, 6.45) is 9.44. The minimum Gasteiger partial charge on any atom is -0.367 e. The van der Waals surface area contributed by atoms with Gasteiger partial charge in [-0.1, -0.05) is 13.8 Å². The van der Waals surface area contributed by atoms with E-state index in [1.807, 2.05) is 23.0 Å². The molecule has 0 spiro atoms. The van der Waals surface area contributed by atoms with Crippen LogP contribution in [-0.4, -0.2) is 35.8 Å². The first kappa shape index (κ1) is 17.8. The van der Waals surface area contributed by atoms with Crippen molar-refractivity contribution in [2.24, 2.45) is 0 Å². The van der Waals surface area contributed by atoms with Crippen LogP contribution in [0.25, 0.3) is 16.9 Å². The molecule has 0 aromatic carbocycles. The minimum absolute atomic E-state index is 0.260. The van der Waals surface area contributed by atoms with E-state index in [4.69, 9.17) is 4.98 Å². The van der Waals surface area contributed by atoms with Crippen LogP contribution in [-0.2, 0) is 12.8 Å². The first-order chi connectivity index (χ1) is 14.1. The molecule has 0 unspecified atom stereocenters. The Hall–Kier alpha value is -3.29. The molecule has 0 amide bonds. The van der Waals surface area contributed by atoms with Gasteiger partial charge in [0, 0.05) is 35.1 Å². The predicted octanol–water partition coefficient (Wildman–Crippen LogP) is 3.75. The van der Waals surface area contributed by atoms with E-state index in [0.717, 1.165) is 36.3 Å². The van der Waals surface area contributed by atoms with Crippen molar-refractivity contribution in [3.63, 3.8) is 0 Å². The summed E-state index contributed by atoms with van der Waals surface area (Å²) in [4.78, 5) is 8.77. The monoisotopic (exact) mass is 391 g/mol. The van der Waals surface area contributed by atoms with Gasteiger partial charge >= 0.3 is 0 Å². The van der Waals surface area contributed by atoms with E-state index in [1.165, 1.54) is 23.5 Å². The maximum Gasteiger partial charge on any atom is 0.161 e. The summed E-state index contributed by atoms with van der Waals surface area (Å²) < 4.78 is 15.6. The fraction of sp³-hybridized carbons (Fsp3) is 0.333. The van der Waals surface area contributed by atoms with E-state index in [0.29, 0.717) is 11.3 Å². The topological polar surface area (TPSA) is 83.8 Å². The Bertz CT molecular complexity index is 1180. The average Bonchev–Trinajstić information content (AvgIpc) is 3.34. The van der Waals surface area contributed by atoms with Crippen molar-refractivity contribution in [2.45, 2.75) is 45.1 Å². The van der Waals surface area contributed by atoms with Crippen molar-refractivity contribution >= 4 is 11.5 Å². The van der Waals surface area contributed by atoms with Crippen LogP contribution in [0.15, 0.2) is 36.9 Å². The molecule has 4 aromatic heterocycles. The highest BCUT2D eigenvalue weighted by molar-refractivity contribution is 5.67. The molecule has 1 aliphatic carbocycles. The Morgan fingerprint density at radius 3 is 2.93 bits per heavy atom. The molecule has 1 atom stereocenters. The number of pyridine rings is 1. The Kier molecular flexibility index (Phi) is 4.26. The van der Waals surface area contributed by atoms with Gasteiger partial charge in [0.2, 0.25) is 0 Å². The highest BCUT2D eigenvalue weighted by Crippen LogP contribution is 2.28. The number of nitrogens with zero attached hydrogens (tertiary/aromatic N) is 5. The van der Waals surface area contributed by atoms with Crippen LogP contribution in [0.4, 0.5) is 10.2 Å². The van der Waals surface area contributed by atoms with Gasteiger partial charge in [-0.2, -0.15) is 14.7 Å². The summed E-state index contributed by atoms with van der Waals surface area (Å²) >= 11 is 0. The smallest absolute Gasteiger partial charge is 0.161 e. The van der Waals surface area contributed by atoms with E-state index in [9.17, 15) is 4.39 Å². The first-order valence-electron chi connectivity index (χ1n) is 9.85. The third kappa shape index (κ3) is 3.24. The number of aromatic amines is 1. The van der Waals surface area contributed by atoms with Crippen LogP contribution in [0, 0.1) is 5.82 Å². The molecule has 0 fully saturated rings. The molecule has 0 aliphatic heterocycles. The number of halogens is 1. The summed E-state index contributed by atoms with van der Waals surface area (Å²) in [5.74, 6) is 0.742. The molecule has 0 bridgehead atoms. The van der Waals surface area contributed by atoms with E-state index < -0.39 is 0 Å². The van der Waals surface area contributed by atoms with Crippen LogP contribution in [0.5, 0.6) is 0 Å². The van der Waals surface area contributed by atoms with E-state index in [2.05, 4.69) is 39.4 Å². The zero-order valence-corrected chi connectivity index (χ0v) is 16.4. The van der Waals surface area contributed by atoms with Crippen LogP contribution >= 0.6 is 0 Å². The van der Waals surface area contributed by atoms with Gasteiger partial charge in [0.25, 0.3) is 0 Å². The highest BCUT2D eigenvalue weighted by atomic mass is 19.1. The number of aromatic nitrogens is 6. The molecule has 148 valence electrons. The summed E-state index contributed by atoms with van der Waals surface area (Å²) in [5.41, 5.74) is 5.62. The van der Waals surface area contributed by atoms with Crippen molar-refractivity contribution in [2.75, 3.05) is 5.32 Å². The lowest BCUT2D eigenvalue weighted by Gasteiger charge is -2.24. The van der Waals surface area contributed by atoms with Gasteiger partial charge < -0.3 is 5.32 Å². The molecule has 0 saturated heterocycles. The standard InChI is InChI=1S/C21H22FN7/c1-12(2)17-11-25-29-20(26-16-3-4-18-14(6-16)9-24-28-18)7-19(27-21(17)29)13-5-15(22)10-23-8-13/h5,7-12,16,26H,3-4,6H2,1-2H3,(H,24,28)/t16-/m0/s1. The Morgan fingerprint density at radius 2 is 2.10 bits per heavy atom. The number of hydrogen-bond acceptors (Lipinski definition) is 5. The molecule has 0 radical (unpaired) electrons. The third-order valence-corrected chi connectivity index (χ3v) is 5.49. The van der Waals surface area contributed by atoms with Gasteiger partial charge in [-0.3, -0.25) is 10.1 Å². The molecule has 2 N–H and O–H groups in total. The molecule has 29 heavy (non-hydrogen) atoms. The Labute approximate surface area is 167 Å². The minimum atomic E-state index is -0.379. The molecule has 0 saturated carbocycles. The van der Waals surface area contributed by atoms with Crippen LogP contribution in [0.1, 0.15) is 43.0 Å². The second-order valence-corrected chi connectivity index (χ2v) is 7.87. The zero-order valence-electron chi connectivity index (χ0n) is 16.4. The van der Waals surface area contributed by atoms with Gasteiger partial charge in [0.05, 0.1) is 24.3 Å². The third-order valence-electron chi connectivity index (χ3n) is 5.49. The van der Waals surface area contributed by atoms with Gasteiger partial charge in [-0.05, 0) is 36.8 Å². The Balaban J connectivity index is 1.58. The molecule has 1 aliphatic rings. The fourth-order valence-corrected chi connectivity index (χ4v) is 3.94. The quantitative estimate of drug-likeness (QED) is 0.554. The zero-order chi connectivity index (χ0) is 20.0.